The maximum atomic E-state index is 12.5. The summed E-state index contributed by atoms with van der Waals surface area (Å²) in [6.07, 6.45) is 0. The Labute approximate surface area is 157 Å². The van der Waals surface area contributed by atoms with Crippen LogP contribution in [-0.2, 0) is 29.5 Å². The van der Waals surface area contributed by atoms with Crippen molar-refractivity contribution < 1.29 is 32.2 Å². The highest BCUT2D eigenvalue weighted by molar-refractivity contribution is 7.84. The van der Waals surface area contributed by atoms with Crippen LogP contribution in [0.2, 0.25) is 0 Å². The zero-order valence-electron chi connectivity index (χ0n) is 14.3. The number of nitrogens with zero attached hydrogens (tertiary/aromatic N) is 4. The van der Waals surface area contributed by atoms with Crippen molar-refractivity contribution >= 4 is 50.2 Å². The van der Waals surface area contributed by atoms with Crippen LogP contribution in [0.3, 0.4) is 0 Å². The summed E-state index contributed by atoms with van der Waals surface area (Å²) in [7, 11) is -1.17. The number of amides is 3. The topological polar surface area (TPSA) is 185 Å². The molecule has 1 fully saturated rings. The summed E-state index contributed by atoms with van der Waals surface area (Å²) >= 11 is 1.03. The van der Waals surface area contributed by atoms with E-state index >= 15 is 0 Å². The molecule has 1 aliphatic rings. The maximum absolute atomic E-state index is 12.5. The van der Waals surface area contributed by atoms with Gasteiger partial charge in [0.15, 0.2) is 16.9 Å². The van der Waals surface area contributed by atoms with Gasteiger partial charge in [-0.05, 0) is 0 Å². The Balaban J connectivity index is 2.30. The van der Waals surface area contributed by atoms with Crippen LogP contribution < -0.4 is 11.1 Å². The third-order valence-electron chi connectivity index (χ3n) is 3.44. The van der Waals surface area contributed by atoms with E-state index in [1.165, 1.54) is 26.6 Å². The molecule has 2 heterocycles. The fourth-order valence-electron chi connectivity index (χ4n) is 2.27. The Bertz CT molecular complexity index is 909. The van der Waals surface area contributed by atoms with Gasteiger partial charge in [-0.25, -0.2) is 4.98 Å². The number of hydrogen-bond donors (Lipinski definition) is 3. The number of anilines is 1. The molecular formula is C12H16N6O7S2. The second-order valence-corrected chi connectivity index (χ2v) is 7.61. The SMILES string of the molecule is CON=C(C(=O)N[C@H]1C(=O)N(S(=O)(=O)O)[C@H]1C(=O)N(C)C)c1csc(N)n1. The molecule has 1 aromatic rings. The predicted octanol–water partition coefficient (Wildman–Crippen LogP) is -2.34. The highest BCUT2D eigenvalue weighted by Gasteiger charge is 2.58. The van der Waals surface area contributed by atoms with Crippen LogP contribution in [0.25, 0.3) is 0 Å². The van der Waals surface area contributed by atoms with Gasteiger partial charge in [-0.1, -0.05) is 5.16 Å². The Kier molecular flexibility index (Phi) is 5.67. The van der Waals surface area contributed by atoms with Crippen molar-refractivity contribution in [2.75, 3.05) is 26.9 Å². The number of likely N-dealkylation sites (N-methyl/N-ethyl adjacent to an activating group) is 1. The molecule has 0 aliphatic carbocycles. The van der Waals surface area contributed by atoms with Crippen molar-refractivity contribution in [1.82, 2.24) is 19.5 Å². The summed E-state index contributed by atoms with van der Waals surface area (Å²) in [5.41, 5.74) is 5.24. The largest absolute Gasteiger partial charge is 0.398 e. The summed E-state index contributed by atoms with van der Waals surface area (Å²) in [5, 5.41) is 7.30. The lowest BCUT2D eigenvalue weighted by Crippen LogP contribution is -2.75. The van der Waals surface area contributed by atoms with Crippen molar-refractivity contribution in [3.63, 3.8) is 0 Å². The number of oxime groups is 1. The van der Waals surface area contributed by atoms with Gasteiger partial charge in [0.05, 0.1) is 0 Å². The minimum atomic E-state index is -4.99. The van der Waals surface area contributed by atoms with Crippen LogP contribution in [0.4, 0.5) is 5.13 Å². The van der Waals surface area contributed by atoms with Crippen LogP contribution in [-0.4, -0.2) is 83.9 Å². The van der Waals surface area contributed by atoms with Crippen molar-refractivity contribution in [1.29, 1.82) is 0 Å². The summed E-state index contributed by atoms with van der Waals surface area (Å²) < 4.78 is 31.9. The quantitative estimate of drug-likeness (QED) is 0.196. The van der Waals surface area contributed by atoms with E-state index in [1.54, 1.807) is 0 Å². The first-order valence-corrected chi connectivity index (χ1v) is 9.42. The molecule has 1 aromatic heterocycles. The molecule has 0 saturated carbocycles. The lowest BCUT2D eigenvalue weighted by molar-refractivity contribution is -0.155. The predicted molar refractivity (Wildman–Crippen MR) is 92.9 cm³/mol. The molecule has 0 bridgehead atoms. The average Bonchev–Trinajstić information content (AvgIpc) is 2.98. The highest BCUT2D eigenvalue weighted by Crippen LogP contribution is 2.25. The molecule has 13 nitrogen and oxygen atoms in total. The lowest BCUT2D eigenvalue weighted by atomic mass is 9.97. The second-order valence-electron chi connectivity index (χ2n) is 5.43. The minimum absolute atomic E-state index is 0.00571. The molecule has 0 aromatic carbocycles. The number of rotatable bonds is 6. The first-order chi connectivity index (χ1) is 12.5. The van der Waals surface area contributed by atoms with Gasteiger partial charge in [0.25, 0.3) is 11.8 Å². The van der Waals surface area contributed by atoms with Crippen molar-refractivity contribution in [3.05, 3.63) is 11.1 Å². The molecule has 2 atom stereocenters. The molecule has 1 aliphatic heterocycles. The first-order valence-electron chi connectivity index (χ1n) is 7.14. The van der Waals surface area contributed by atoms with E-state index in [-0.39, 0.29) is 20.8 Å². The fraction of sp³-hybridized carbons (Fsp3) is 0.417. The van der Waals surface area contributed by atoms with Crippen LogP contribution >= 0.6 is 11.3 Å². The number of nitrogens with two attached hydrogens (primary N) is 1. The zero-order valence-corrected chi connectivity index (χ0v) is 15.9. The molecule has 2 rings (SSSR count). The average molecular weight is 420 g/mol. The van der Waals surface area contributed by atoms with E-state index in [0.717, 1.165) is 16.2 Å². The Morgan fingerprint density at radius 2 is 2.11 bits per heavy atom. The summed E-state index contributed by atoms with van der Waals surface area (Å²) in [4.78, 5) is 46.3. The van der Waals surface area contributed by atoms with Gasteiger partial charge in [0.2, 0.25) is 5.91 Å². The Hall–Kier alpha value is -2.78. The Morgan fingerprint density at radius 1 is 1.48 bits per heavy atom. The molecule has 4 N–H and O–H groups in total. The fourth-order valence-corrected chi connectivity index (χ4v) is 3.66. The first kappa shape index (κ1) is 20.5. The molecule has 148 valence electrons. The van der Waals surface area contributed by atoms with E-state index < -0.39 is 40.1 Å². The molecule has 0 spiro atoms. The second kappa shape index (κ2) is 7.45. The van der Waals surface area contributed by atoms with Gasteiger partial charge >= 0.3 is 10.3 Å². The number of nitrogen functional groups attached to an aromatic ring is 1. The number of β-lactam (4-membered cyclic amide) rings is 1. The monoisotopic (exact) mass is 420 g/mol. The number of hydrogen-bond acceptors (Lipinski definition) is 10. The van der Waals surface area contributed by atoms with Gasteiger partial charge in [0.1, 0.15) is 18.8 Å². The van der Waals surface area contributed by atoms with Gasteiger partial charge in [-0.15, -0.1) is 11.3 Å². The smallest absolute Gasteiger partial charge is 0.363 e. The maximum Gasteiger partial charge on any atom is 0.363 e. The molecule has 0 radical (unpaired) electrons. The third-order valence-corrected chi connectivity index (χ3v) is 5.02. The summed E-state index contributed by atoms with van der Waals surface area (Å²) in [5.74, 6) is -2.95. The van der Waals surface area contributed by atoms with Gasteiger partial charge in [-0.2, -0.15) is 12.7 Å². The van der Waals surface area contributed by atoms with E-state index in [0.29, 0.717) is 0 Å². The van der Waals surface area contributed by atoms with Crippen molar-refractivity contribution in [2.24, 2.45) is 5.16 Å². The van der Waals surface area contributed by atoms with E-state index in [2.05, 4.69) is 20.3 Å². The highest BCUT2D eigenvalue weighted by atomic mass is 32.2. The number of carbonyl (C=O) groups is 3. The molecular weight excluding hydrogens is 404 g/mol. The van der Waals surface area contributed by atoms with Crippen molar-refractivity contribution in [2.45, 2.75) is 12.1 Å². The molecule has 27 heavy (non-hydrogen) atoms. The molecule has 3 amide bonds. The van der Waals surface area contributed by atoms with E-state index in [1.807, 2.05) is 0 Å². The number of aromatic nitrogens is 1. The number of thiazole rings is 1. The summed E-state index contributed by atoms with van der Waals surface area (Å²) in [6.45, 7) is 0. The van der Waals surface area contributed by atoms with Crippen molar-refractivity contribution in [3.8, 4) is 0 Å². The number of carbonyl (C=O) groups excluding carboxylic acids is 3. The van der Waals surface area contributed by atoms with E-state index in [9.17, 15) is 22.8 Å². The molecule has 0 unspecified atom stereocenters. The minimum Gasteiger partial charge on any atom is -0.398 e. The molecule has 15 heteroatoms. The van der Waals surface area contributed by atoms with Crippen LogP contribution in [0.15, 0.2) is 10.5 Å². The van der Waals surface area contributed by atoms with Crippen LogP contribution in [0.1, 0.15) is 5.69 Å². The van der Waals surface area contributed by atoms with Crippen LogP contribution in [0.5, 0.6) is 0 Å². The van der Waals surface area contributed by atoms with Gasteiger partial charge in [0, 0.05) is 19.5 Å². The lowest BCUT2D eigenvalue weighted by Gasteiger charge is -2.43. The van der Waals surface area contributed by atoms with Gasteiger partial charge in [-0.3, -0.25) is 18.9 Å². The zero-order chi connectivity index (χ0) is 20.5. The standard InChI is InChI=1S/C12H16N6O7S2/c1-17(2)11(21)8-7(10(20)18(8)27(22,23)24)15-9(19)6(16-25-3)5-4-26-12(13)14-5/h4,7-8H,1-3H3,(H2,13,14)(H,15,19)(H,22,23,24)/t7-,8-/m1/s1. The Morgan fingerprint density at radius 3 is 2.56 bits per heavy atom. The normalized spacial score (nSPS) is 20.1. The third kappa shape index (κ3) is 3.99. The van der Waals surface area contributed by atoms with E-state index in [4.69, 9.17) is 10.3 Å². The molecule has 1 saturated heterocycles. The summed E-state index contributed by atoms with van der Waals surface area (Å²) in [6, 6.07) is -3.18. The van der Waals surface area contributed by atoms with Crippen LogP contribution in [0, 0.1) is 0 Å². The van der Waals surface area contributed by atoms with Gasteiger partial charge < -0.3 is 20.8 Å². The number of nitrogens with one attached hydrogen (secondary N) is 1.